The molecule has 1 atom stereocenters. The number of sulfonamides is 1. The maximum absolute atomic E-state index is 13.7. The third-order valence-corrected chi connectivity index (χ3v) is 7.84. The zero-order valence-corrected chi connectivity index (χ0v) is 19.8. The van der Waals surface area contributed by atoms with Crippen molar-refractivity contribution in [1.29, 1.82) is 5.26 Å². The summed E-state index contributed by atoms with van der Waals surface area (Å²) in [5.41, 5.74) is -3.78. The molecule has 1 aliphatic heterocycles. The van der Waals surface area contributed by atoms with E-state index in [4.69, 9.17) is 5.26 Å². The molecule has 1 saturated heterocycles. The number of halogens is 3. The van der Waals surface area contributed by atoms with E-state index >= 15 is 0 Å². The fourth-order valence-electron chi connectivity index (χ4n) is 4.07. The topological polar surface area (TPSA) is 98.6 Å². The molecule has 0 spiro atoms. The molecule has 7 nitrogen and oxygen atoms in total. The summed E-state index contributed by atoms with van der Waals surface area (Å²) in [6.07, 6.45) is -4.96. The lowest BCUT2D eigenvalue weighted by atomic mass is 9.92. The van der Waals surface area contributed by atoms with Crippen LogP contribution in [0.1, 0.15) is 29.2 Å². The molecule has 11 heteroatoms. The summed E-state index contributed by atoms with van der Waals surface area (Å²) in [4.78, 5) is 27.5. The summed E-state index contributed by atoms with van der Waals surface area (Å²) >= 11 is 0. The van der Waals surface area contributed by atoms with Crippen LogP contribution in [0.25, 0.3) is 0 Å². The number of anilines is 1. The highest BCUT2D eigenvalue weighted by Crippen LogP contribution is 2.44. The second kappa shape index (κ2) is 8.49. The summed E-state index contributed by atoms with van der Waals surface area (Å²) in [5.74, 6) is -1.06. The van der Waals surface area contributed by atoms with Gasteiger partial charge in [0.25, 0.3) is 15.9 Å². The van der Waals surface area contributed by atoms with Gasteiger partial charge in [-0.3, -0.25) is 4.79 Å². The molecule has 0 saturated carbocycles. The maximum atomic E-state index is 13.7. The van der Waals surface area contributed by atoms with Crippen LogP contribution in [0, 0.1) is 18.3 Å². The second-order valence-electron chi connectivity index (χ2n) is 8.28. The Labute approximate surface area is 205 Å². The first kappa shape index (κ1) is 24.9. The molecule has 184 valence electrons. The Morgan fingerprint density at radius 1 is 0.944 bits per heavy atom. The first-order valence-electron chi connectivity index (χ1n) is 10.5. The van der Waals surface area contributed by atoms with Gasteiger partial charge in [-0.15, -0.1) is 0 Å². The number of imide groups is 1. The number of aryl methyl sites for hydroxylation is 1. The number of carbonyl (C=O) groups excluding carboxylic acids is 2. The van der Waals surface area contributed by atoms with E-state index in [1.54, 1.807) is 25.1 Å². The van der Waals surface area contributed by atoms with E-state index in [0.717, 1.165) is 17.7 Å². The van der Waals surface area contributed by atoms with E-state index in [1.807, 2.05) is 0 Å². The first-order valence-corrected chi connectivity index (χ1v) is 11.9. The van der Waals surface area contributed by atoms with Gasteiger partial charge in [0.2, 0.25) is 0 Å². The molecular formula is C25H18F3N3O4S. The number of rotatable bonds is 4. The van der Waals surface area contributed by atoms with Gasteiger partial charge in [-0.2, -0.15) is 22.7 Å². The van der Waals surface area contributed by atoms with Gasteiger partial charge >= 0.3 is 12.2 Å². The van der Waals surface area contributed by atoms with Gasteiger partial charge in [-0.25, -0.2) is 18.1 Å². The van der Waals surface area contributed by atoms with Gasteiger partial charge in [0, 0.05) is 0 Å². The Bertz CT molecular complexity index is 1510. The van der Waals surface area contributed by atoms with Gasteiger partial charge in [-0.05, 0) is 49.7 Å². The lowest BCUT2D eigenvalue weighted by molar-refractivity contribution is -0.137. The van der Waals surface area contributed by atoms with Crippen LogP contribution in [0.15, 0.2) is 77.7 Å². The van der Waals surface area contributed by atoms with Crippen molar-refractivity contribution < 1.29 is 31.2 Å². The van der Waals surface area contributed by atoms with E-state index in [2.05, 4.69) is 0 Å². The van der Waals surface area contributed by atoms with Crippen LogP contribution in [0.2, 0.25) is 0 Å². The highest BCUT2D eigenvalue weighted by atomic mass is 32.2. The Morgan fingerprint density at radius 3 is 2.11 bits per heavy atom. The van der Waals surface area contributed by atoms with Crippen molar-refractivity contribution in [2.45, 2.75) is 30.5 Å². The number of nitriles is 1. The van der Waals surface area contributed by atoms with Crippen molar-refractivity contribution >= 4 is 27.6 Å². The molecule has 0 aromatic heterocycles. The van der Waals surface area contributed by atoms with Crippen LogP contribution < -0.4 is 4.90 Å². The van der Waals surface area contributed by atoms with E-state index in [1.165, 1.54) is 49.4 Å². The van der Waals surface area contributed by atoms with Gasteiger partial charge in [0.1, 0.15) is 0 Å². The van der Waals surface area contributed by atoms with Crippen LogP contribution in [0.3, 0.4) is 0 Å². The minimum atomic E-state index is -4.96. The molecule has 0 N–H and O–H groups in total. The normalized spacial score (nSPS) is 18.4. The van der Waals surface area contributed by atoms with Crippen LogP contribution in [0.5, 0.6) is 0 Å². The van der Waals surface area contributed by atoms with Crippen LogP contribution >= 0.6 is 0 Å². The Balaban J connectivity index is 1.96. The van der Waals surface area contributed by atoms with Crippen molar-refractivity contribution in [1.82, 2.24) is 4.31 Å². The van der Waals surface area contributed by atoms with E-state index in [-0.39, 0.29) is 10.5 Å². The lowest BCUT2D eigenvalue weighted by Gasteiger charge is -2.31. The largest absolute Gasteiger partial charge is 0.417 e. The zero-order valence-electron chi connectivity index (χ0n) is 18.9. The molecule has 0 aliphatic carbocycles. The number of alkyl halides is 3. The molecule has 0 bridgehead atoms. The SMILES string of the molecule is Cc1ccc(S(=O)(=O)N2C(=O)N(c3ccc(C#N)c(C(F)(F)F)c3)C(=O)C2(C)c2ccccc2)cc1. The zero-order chi connectivity index (χ0) is 26.5. The lowest BCUT2D eigenvalue weighted by Crippen LogP contribution is -2.47. The Kier molecular flexibility index (Phi) is 5.88. The molecule has 1 fully saturated rings. The summed E-state index contributed by atoms with van der Waals surface area (Å²) in [5, 5.41) is 9.08. The number of carbonyl (C=O) groups is 2. The van der Waals surface area contributed by atoms with Crippen molar-refractivity contribution in [2.24, 2.45) is 0 Å². The highest BCUT2D eigenvalue weighted by molar-refractivity contribution is 7.89. The third kappa shape index (κ3) is 3.79. The van der Waals surface area contributed by atoms with Gasteiger partial charge in [0.05, 0.1) is 27.8 Å². The predicted molar refractivity (Wildman–Crippen MR) is 123 cm³/mol. The number of amides is 3. The predicted octanol–water partition coefficient (Wildman–Crippen LogP) is 4.96. The molecule has 0 radical (unpaired) electrons. The Morgan fingerprint density at radius 2 is 1.56 bits per heavy atom. The summed E-state index contributed by atoms with van der Waals surface area (Å²) in [6.45, 7) is 2.96. The van der Waals surface area contributed by atoms with E-state index in [9.17, 15) is 31.2 Å². The van der Waals surface area contributed by atoms with E-state index < -0.39 is 50.5 Å². The minimum Gasteiger partial charge on any atom is -0.271 e. The molecule has 3 aromatic carbocycles. The molecular weight excluding hydrogens is 495 g/mol. The van der Waals surface area contributed by atoms with Gasteiger partial charge < -0.3 is 0 Å². The van der Waals surface area contributed by atoms with Crippen molar-refractivity contribution in [2.75, 3.05) is 4.90 Å². The fourth-order valence-corrected chi connectivity index (χ4v) is 5.71. The minimum absolute atomic E-state index is 0.145. The van der Waals surface area contributed by atoms with Crippen molar-refractivity contribution in [3.63, 3.8) is 0 Å². The van der Waals surface area contributed by atoms with Gasteiger partial charge in [-0.1, -0.05) is 48.0 Å². The third-order valence-electron chi connectivity index (χ3n) is 5.97. The molecule has 3 amide bonds. The first-order chi connectivity index (χ1) is 16.8. The molecule has 4 rings (SSSR count). The standard InChI is InChI=1S/C25H18F3N3O4S/c1-16-8-12-20(13-9-16)36(34,35)31-23(33)30(22(32)24(31,2)18-6-4-3-5-7-18)19-11-10-17(15-29)21(14-19)25(26,27)28/h3-14H,1-2H3. The summed E-state index contributed by atoms with van der Waals surface area (Å²) < 4.78 is 68.6. The fraction of sp³-hybridized carbons (Fsp3) is 0.160. The monoisotopic (exact) mass is 513 g/mol. The number of urea groups is 1. The number of hydrogen-bond donors (Lipinski definition) is 0. The molecule has 3 aromatic rings. The molecule has 1 aliphatic rings. The average Bonchev–Trinajstić information content (AvgIpc) is 3.05. The second-order valence-corrected chi connectivity index (χ2v) is 10.1. The van der Waals surface area contributed by atoms with Crippen molar-refractivity contribution in [3.05, 3.63) is 95.1 Å². The Hall–Kier alpha value is -4.17. The highest BCUT2D eigenvalue weighted by Gasteiger charge is 2.61. The molecule has 1 unspecified atom stereocenters. The summed E-state index contributed by atoms with van der Waals surface area (Å²) in [7, 11) is -4.64. The van der Waals surface area contributed by atoms with Crippen molar-refractivity contribution in [3.8, 4) is 6.07 Å². The van der Waals surface area contributed by atoms with Gasteiger partial charge in [0.15, 0.2) is 5.54 Å². The van der Waals surface area contributed by atoms with Crippen LogP contribution in [-0.4, -0.2) is 24.7 Å². The van der Waals surface area contributed by atoms with Crippen LogP contribution in [0.4, 0.5) is 23.7 Å². The number of nitrogens with zero attached hydrogens (tertiary/aromatic N) is 3. The molecule has 36 heavy (non-hydrogen) atoms. The smallest absolute Gasteiger partial charge is 0.271 e. The molecule has 1 heterocycles. The maximum Gasteiger partial charge on any atom is 0.417 e. The number of benzene rings is 3. The van der Waals surface area contributed by atoms with Crippen LogP contribution in [-0.2, 0) is 26.5 Å². The summed E-state index contributed by atoms with van der Waals surface area (Å²) in [6, 6.07) is 15.6. The van der Waals surface area contributed by atoms with E-state index in [0.29, 0.717) is 15.3 Å². The number of hydrogen-bond acceptors (Lipinski definition) is 5. The quantitative estimate of drug-likeness (QED) is 0.460. The average molecular weight is 513 g/mol.